The second-order valence-electron chi connectivity index (χ2n) is 8.05. The maximum Gasteiger partial charge on any atom is 0.244 e. The first-order chi connectivity index (χ1) is 15.3. The lowest BCUT2D eigenvalue weighted by Gasteiger charge is -2.22. The molecule has 4 rings (SSSR count). The summed E-state index contributed by atoms with van der Waals surface area (Å²) in [6.07, 6.45) is 0.108. The summed E-state index contributed by atoms with van der Waals surface area (Å²) in [5, 5.41) is 3.27. The van der Waals surface area contributed by atoms with Crippen LogP contribution in [0.1, 0.15) is 28.7 Å². The van der Waals surface area contributed by atoms with Gasteiger partial charge in [-0.15, -0.1) is 0 Å². The summed E-state index contributed by atoms with van der Waals surface area (Å²) in [5.74, 6) is -0.507. The minimum atomic E-state index is -0.325. The van der Waals surface area contributed by atoms with Crippen molar-refractivity contribution in [2.75, 3.05) is 16.8 Å². The Balaban J connectivity index is 1.63. The van der Waals surface area contributed by atoms with E-state index in [2.05, 4.69) is 11.4 Å². The molecule has 1 N–H and O–H groups in total. The molecule has 162 valence electrons. The van der Waals surface area contributed by atoms with E-state index in [1.165, 1.54) is 4.90 Å². The molecule has 0 spiro atoms. The molecule has 3 aromatic carbocycles. The molecule has 0 saturated carbocycles. The summed E-state index contributed by atoms with van der Waals surface area (Å²) in [4.78, 5) is 32.4. The summed E-state index contributed by atoms with van der Waals surface area (Å²) < 4.78 is 0. The van der Waals surface area contributed by atoms with Crippen molar-refractivity contribution in [3.63, 3.8) is 0 Å². The number of rotatable bonds is 4. The summed E-state index contributed by atoms with van der Waals surface area (Å²) >= 11 is 6.25. The van der Waals surface area contributed by atoms with Gasteiger partial charge in [-0.1, -0.05) is 53.6 Å². The molecule has 3 aromatic rings. The molecule has 0 atom stereocenters. The number of fused-ring (bicyclic) bond motifs is 1. The van der Waals surface area contributed by atoms with E-state index < -0.39 is 0 Å². The van der Waals surface area contributed by atoms with Gasteiger partial charge in [-0.25, -0.2) is 0 Å². The number of amides is 2. The highest BCUT2D eigenvalue weighted by atomic mass is 35.5. The largest absolute Gasteiger partial charge is 0.323 e. The van der Waals surface area contributed by atoms with Crippen molar-refractivity contribution in [3.8, 4) is 0 Å². The van der Waals surface area contributed by atoms with Crippen molar-refractivity contribution in [2.45, 2.75) is 27.2 Å². The molecule has 5 nitrogen and oxygen atoms in total. The standard InChI is InChI=1S/C26H24ClN3O2/c1-16-8-10-19(18(3)12-16)23-14-26(32)30(24-7-5-4-6-22(24)28-23)15-25(31)29-21-11-9-17(2)13-20(21)27/h4-13H,14-15H2,1-3H3,(H,29,31). The Kier molecular flexibility index (Phi) is 6.10. The fraction of sp³-hybridized carbons (Fsp3) is 0.192. The Hall–Kier alpha value is -3.44. The number of anilines is 2. The highest BCUT2D eigenvalue weighted by molar-refractivity contribution is 6.33. The molecular formula is C26H24ClN3O2. The Morgan fingerprint density at radius 2 is 1.75 bits per heavy atom. The molecule has 0 bridgehead atoms. The van der Waals surface area contributed by atoms with Gasteiger partial charge in [0.15, 0.2) is 0 Å². The van der Waals surface area contributed by atoms with Crippen LogP contribution in [0.3, 0.4) is 0 Å². The first kappa shape index (κ1) is 21.8. The van der Waals surface area contributed by atoms with Crippen LogP contribution in [0.4, 0.5) is 17.1 Å². The van der Waals surface area contributed by atoms with Gasteiger partial charge in [0, 0.05) is 0 Å². The Bertz CT molecular complexity index is 1250. The summed E-state index contributed by atoms with van der Waals surface area (Å²) in [7, 11) is 0. The molecule has 6 heteroatoms. The molecule has 1 aliphatic rings. The third kappa shape index (κ3) is 4.58. The van der Waals surface area contributed by atoms with Crippen molar-refractivity contribution in [3.05, 3.63) is 87.9 Å². The zero-order valence-corrected chi connectivity index (χ0v) is 19.0. The molecule has 1 aliphatic heterocycles. The molecule has 32 heavy (non-hydrogen) atoms. The Morgan fingerprint density at radius 3 is 2.50 bits per heavy atom. The van der Waals surface area contributed by atoms with Crippen LogP contribution in [0.25, 0.3) is 0 Å². The van der Waals surface area contributed by atoms with Crippen LogP contribution in [0.15, 0.2) is 65.7 Å². The lowest BCUT2D eigenvalue weighted by atomic mass is 9.99. The topological polar surface area (TPSA) is 61.8 Å². The van der Waals surface area contributed by atoms with Gasteiger partial charge in [0.05, 0.1) is 34.2 Å². The van der Waals surface area contributed by atoms with Crippen LogP contribution < -0.4 is 10.2 Å². The van der Waals surface area contributed by atoms with Crippen LogP contribution in [0.5, 0.6) is 0 Å². The number of carbonyl (C=O) groups is 2. The molecule has 0 radical (unpaired) electrons. The van der Waals surface area contributed by atoms with Crippen molar-refractivity contribution in [1.82, 2.24) is 0 Å². The number of aliphatic imine (C=N–C) groups is 1. The number of aryl methyl sites for hydroxylation is 3. The first-order valence-corrected chi connectivity index (χ1v) is 10.8. The smallest absolute Gasteiger partial charge is 0.244 e. The van der Waals surface area contributed by atoms with Gasteiger partial charge in [-0.05, 0) is 61.7 Å². The second kappa shape index (κ2) is 8.97. The van der Waals surface area contributed by atoms with Crippen molar-refractivity contribution >= 4 is 46.2 Å². The predicted octanol–water partition coefficient (Wildman–Crippen LogP) is 5.76. The lowest BCUT2D eigenvalue weighted by Crippen LogP contribution is -2.38. The van der Waals surface area contributed by atoms with E-state index in [1.807, 2.05) is 63.2 Å². The van der Waals surface area contributed by atoms with E-state index in [-0.39, 0.29) is 24.8 Å². The van der Waals surface area contributed by atoms with E-state index in [0.29, 0.717) is 27.8 Å². The summed E-state index contributed by atoms with van der Waals surface area (Å²) in [5.41, 5.74) is 6.65. The van der Waals surface area contributed by atoms with Crippen LogP contribution in [0, 0.1) is 20.8 Å². The van der Waals surface area contributed by atoms with Crippen LogP contribution in [-0.4, -0.2) is 24.1 Å². The molecule has 0 saturated heterocycles. The van der Waals surface area contributed by atoms with E-state index in [4.69, 9.17) is 16.6 Å². The summed E-state index contributed by atoms with van der Waals surface area (Å²) in [6.45, 7) is 5.85. The van der Waals surface area contributed by atoms with Gasteiger partial charge in [0.25, 0.3) is 0 Å². The summed E-state index contributed by atoms with van der Waals surface area (Å²) in [6, 6.07) is 18.9. The highest BCUT2D eigenvalue weighted by Crippen LogP contribution is 2.33. The number of nitrogens with one attached hydrogen (secondary N) is 1. The number of carbonyl (C=O) groups excluding carboxylic acids is 2. The highest BCUT2D eigenvalue weighted by Gasteiger charge is 2.27. The molecule has 2 amide bonds. The Labute approximate surface area is 192 Å². The third-order valence-corrected chi connectivity index (χ3v) is 5.75. The lowest BCUT2D eigenvalue weighted by molar-refractivity contribution is -0.120. The first-order valence-electron chi connectivity index (χ1n) is 10.4. The monoisotopic (exact) mass is 445 g/mol. The number of hydrogen-bond acceptors (Lipinski definition) is 3. The number of para-hydroxylation sites is 2. The quantitative estimate of drug-likeness (QED) is 0.554. The minimum absolute atomic E-state index is 0.108. The number of benzene rings is 3. The van der Waals surface area contributed by atoms with E-state index >= 15 is 0 Å². The zero-order chi connectivity index (χ0) is 22.8. The van der Waals surface area contributed by atoms with Gasteiger partial charge in [-0.2, -0.15) is 0 Å². The average Bonchev–Trinajstić information content (AvgIpc) is 2.87. The average molecular weight is 446 g/mol. The van der Waals surface area contributed by atoms with Crippen molar-refractivity contribution < 1.29 is 9.59 Å². The molecule has 1 heterocycles. The Morgan fingerprint density at radius 1 is 1.03 bits per heavy atom. The van der Waals surface area contributed by atoms with Gasteiger partial charge < -0.3 is 10.2 Å². The number of hydrogen-bond donors (Lipinski definition) is 1. The maximum atomic E-state index is 13.3. The molecule has 0 aromatic heterocycles. The molecule has 0 fully saturated rings. The maximum absolute atomic E-state index is 13.3. The molecule has 0 unspecified atom stereocenters. The van der Waals surface area contributed by atoms with Crippen LogP contribution >= 0.6 is 11.6 Å². The minimum Gasteiger partial charge on any atom is -0.323 e. The van der Waals surface area contributed by atoms with Crippen molar-refractivity contribution in [2.24, 2.45) is 4.99 Å². The van der Waals surface area contributed by atoms with Gasteiger partial charge in [0.2, 0.25) is 11.8 Å². The van der Waals surface area contributed by atoms with Crippen LogP contribution in [0.2, 0.25) is 5.02 Å². The van der Waals surface area contributed by atoms with Crippen molar-refractivity contribution in [1.29, 1.82) is 0 Å². The third-order valence-electron chi connectivity index (χ3n) is 5.44. The van der Waals surface area contributed by atoms with E-state index in [0.717, 1.165) is 22.3 Å². The number of halogens is 1. The number of nitrogens with zero attached hydrogens (tertiary/aromatic N) is 2. The van der Waals surface area contributed by atoms with E-state index in [1.54, 1.807) is 12.1 Å². The van der Waals surface area contributed by atoms with Gasteiger partial charge in [-0.3, -0.25) is 14.6 Å². The zero-order valence-electron chi connectivity index (χ0n) is 18.3. The fourth-order valence-corrected chi connectivity index (χ4v) is 4.15. The van der Waals surface area contributed by atoms with E-state index in [9.17, 15) is 9.59 Å². The predicted molar refractivity (Wildman–Crippen MR) is 130 cm³/mol. The van der Waals surface area contributed by atoms with Gasteiger partial charge in [0.1, 0.15) is 6.54 Å². The van der Waals surface area contributed by atoms with Gasteiger partial charge >= 0.3 is 0 Å². The van der Waals surface area contributed by atoms with Crippen LogP contribution in [-0.2, 0) is 9.59 Å². The SMILES string of the molecule is Cc1ccc(C2=Nc3ccccc3N(CC(=O)Nc3ccc(C)cc3Cl)C(=O)C2)c(C)c1. The molecule has 0 aliphatic carbocycles. The fourth-order valence-electron chi connectivity index (χ4n) is 3.87. The normalized spacial score (nSPS) is 13.3. The second-order valence-corrected chi connectivity index (χ2v) is 8.46. The molecular weight excluding hydrogens is 422 g/mol.